The van der Waals surface area contributed by atoms with E-state index in [0.717, 1.165) is 50.3 Å². The van der Waals surface area contributed by atoms with Crippen LogP contribution in [-0.4, -0.2) is 24.5 Å². The van der Waals surface area contributed by atoms with Gasteiger partial charge < -0.3 is 4.57 Å². The lowest BCUT2D eigenvalue weighted by Gasteiger charge is -2.05. The van der Waals surface area contributed by atoms with Crippen molar-refractivity contribution < 1.29 is 0 Å². The molecule has 3 aromatic heterocycles. The zero-order chi connectivity index (χ0) is 16.5. The first-order chi connectivity index (χ1) is 11.7. The second-order valence-corrected chi connectivity index (χ2v) is 8.01. The summed E-state index contributed by atoms with van der Waals surface area (Å²) in [6.07, 6.45) is 5.53. The molecule has 0 spiro atoms. The van der Waals surface area contributed by atoms with Crippen molar-refractivity contribution in [2.75, 3.05) is 0 Å². The van der Waals surface area contributed by atoms with Crippen molar-refractivity contribution in [3.8, 4) is 0 Å². The van der Waals surface area contributed by atoms with E-state index in [1.165, 1.54) is 0 Å². The number of fused-ring (bicyclic) bond motifs is 2. The summed E-state index contributed by atoms with van der Waals surface area (Å²) in [6, 6.07) is 5.79. The van der Waals surface area contributed by atoms with Crippen molar-refractivity contribution in [3.63, 3.8) is 0 Å². The molecule has 0 aliphatic rings. The highest BCUT2D eigenvalue weighted by Gasteiger charge is 2.15. The largest absolute Gasteiger partial charge is 0.303 e. The molecule has 0 N–H and O–H groups in total. The van der Waals surface area contributed by atoms with E-state index in [4.69, 9.17) is 16.6 Å². The number of rotatable bonds is 5. The minimum absolute atomic E-state index is 0.704. The number of hydrogen-bond donors (Lipinski definition) is 0. The van der Waals surface area contributed by atoms with E-state index in [1.54, 1.807) is 35.6 Å². The Bertz CT molecular complexity index is 1010. The van der Waals surface area contributed by atoms with Crippen LogP contribution in [0, 0.1) is 0 Å². The first kappa shape index (κ1) is 15.8. The van der Waals surface area contributed by atoms with Crippen molar-refractivity contribution in [2.24, 2.45) is 0 Å². The summed E-state index contributed by atoms with van der Waals surface area (Å²) in [5.41, 5.74) is 2.62. The lowest BCUT2D eigenvalue weighted by molar-refractivity contribution is 0.598. The lowest BCUT2D eigenvalue weighted by Crippen LogP contribution is -2.00. The Hall–Kier alpha value is -1.70. The van der Waals surface area contributed by atoms with E-state index in [0.29, 0.717) is 5.02 Å². The van der Waals surface area contributed by atoms with Gasteiger partial charge in [-0.25, -0.2) is 19.9 Å². The molecule has 3 heterocycles. The maximum Gasteiger partial charge on any atom is 0.177 e. The average molecular weight is 376 g/mol. The summed E-state index contributed by atoms with van der Waals surface area (Å²) in [7, 11) is 0. The second-order valence-electron chi connectivity index (χ2n) is 5.33. The van der Waals surface area contributed by atoms with Crippen LogP contribution in [0.1, 0.15) is 19.8 Å². The molecule has 122 valence electrons. The van der Waals surface area contributed by atoms with Gasteiger partial charge in [-0.2, -0.15) is 0 Å². The number of nitrogens with zero attached hydrogens (tertiary/aromatic N) is 5. The number of imidazole rings is 1. The number of benzene rings is 1. The molecule has 1 aromatic carbocycles. The SMILES string of the molecule is CCCCn1c(Sc2nc3cc(Cl)ccc3s2)nc2cncnc21. The third-order valence-corrected chi connectivity index (χ3v) is 5.95. The molecule has 0 amide bonds. The van der Waals surface area contributed by atoms with E-state index in [2.05, 4.69) is 26.4 Å². The number of halogens is 1. The average Bonchev–Trinajstić information content (AvgIpc) is 3.13. The second kappa shape index (κ2) is 6.66. The van der Waals surface area contributed by atoms with Crippen LogP contribution < -0.4 is 0 Å². The van der Waals surface area contributed by atoms with Gasteiger partial charge >= 0.3 is 0 Å². The molecule has 0 unspecified atom stereocenters. The van der Waals surface area contributed by atoms with Gasteiger partial charge in [-0.3, -0.25) is 0 Å². The Balaban J connectivity index is 1.74. The van der Waals surface area contributed by atoms with Crippen LogP contribution in [0.2, 0.25) is 5.02 Å². The molecule has 24 heavy (non-hydrogen) atoms. The van der Waals surface area contributed by atoms with Gasteiger partial charge in [0.15, 0.2) is 15.1 Å². The first-order valence-electron chi connectivity index (χ1n) is 7.65. The van der Waals surface area contributed by atoms with Crippen molar-refractivity contribution in [3.05, 3.63) is 35.7 Å². The summed E-state index contributed by atoms with van der Waals surface area (Å²) in [4.78, 5) is 17.8. The van der Waals surface area contributed by atoms with Crippen molar-refractivity contribution in [1.82, 2.24) is 24.5 Å². The maximum absolute atomic E-state index is 6.05. The number of hydrogen-bond acceptors (Lipinski definition) is 6. The van der Waals surface area contributed by atoms with Gasteiger partial charge in [0, 0.05) is 11.6 Å². The van der Waals surface area contributed by atoms with E-state index in [-0.39, 0.29) is 0 Å². The lowest BCUT2D eigenvalue weighted by atomic mass is 10.3. The summed E-state index contributed by atoms with van der Waals surface area (Å²) in [5, 5.41) is 1.61. The van der Waals surface area contributed by atoms with Crippen LogP contribution in [0.4, 0.5) is 0 Å². The van der Waals surface area contributed by atoms with E-state index in [9.17, 15) is 0 Å². The van der Waals surface area contributed by atoms with Gasteiger partial charge in [0.25, 0.3) is 0 Å². The predicted octanol–water partition coefficient (Wildman–Crippen LogP) is 5.04. The molecule has 0 radical (unpaired) electrons. The fraction of sp³-hybridized carbons (Fsp3) is 0.250. The van der Waals surface area contributed by atoms with Crippen molar-refractivity contribution in [2.45, 2.75) is 35.8 Å². The normalized spacial score (nSPS) is 11.6. The number of unbranched alkanes of at least 4 members (excludes halogenated alkanes) is 1. The Morgan fingerprint density at radius 3 is 3.04 bits per heavy atom. The van der Waals surface area contributed by atoms with Gasteiger partial charge in [-0.15, -0.1) is 11.3 Å². The molecule has 4 aromatic rings. The van der Waals surface area contributed by atoms with Crippen molar-refractivity contribution in [1.29, 1.82) is 0 Å². The van der Waals surface area contributed by atoms with Crippen LogP contribution in [-0.2, 0) is 6.54 Å². The van der Waals surface area contributed by atoms with Gasteiger partial charge in [0.1, 0.15) is 11.8 Å². The Labute approximate surface area is 152 Å². The molecule has 4 rings (SSSR count). The highest BCUT2D eigenvalue weighted by molar-refractivity contribution is 8.01. The molecule has 5 nitrogen and oxygen atoms in total. The molecular weight excluding hydrogens is 362 g/mol. The van der Waals surface area contributed by atoms with Crippen LogP contribution in [0.25, 0.3) is 21.4 Å². The number of thiazole rings is 1. The molecule has 0 aliphatic heterocycles. The van der Waals surface area contributed by atoms with Gasteiger partial charge in [0.05, 0.1) is 16.4 Å². The minimum Gasteiger partial charge on any atom is -0.303 e. The fourth-order valence-corrected chi connectivity index (χ4v) is 4.69. The van der Waals surface area contributed by atoms with E-state index >= 15 is 0 Å². The smallest absolute Gasteiger partial charge is 0.177 e. The molecule has 0 fully saturated rings. The van der Waals surface area contributed by atoms with E-state index < -0.39 is 0 Å². The minimum atomic E-state index is 0.704. The van der Waals surface area contributed by atoms with Gasteiger partial charge in [-0.05, 0) is 36.4 Å². The standard InChI is InChI=1S/C16H14ClN5S2/c1-2-3-6-22-14-12(8-18-9-19-14)20-15(22)24-16-21-11-7-10(17)4-5-13(11)23-16/h4-5,7-9H,2-3,6H2,1H3. The Morgan fingerprint density at radius 2 is 2.17 bits per heavy atom. The van der Waals surface area contributed by atoms with Crippen molar-refractivity contribution >= 4 is 56.1 Å². The molecule has 0 saturated carbocycles. The van der Waals surface area contributed by atoms with E-state index in [1.807, 2.05) is 18.2 Å². The van der Waals surface area contributed by atoms with Gasteiger partial charge in [0.2, 0.25) is 0 Å². The zero-order valence-corrected chi connectivity index (χ0v) is 15.3. The third-order valence-electron chi connectivity index (χ3n) is 3.62. The Morgan fingerprint density at radius 1 is 1.25 bits per heavy atom. The topological polar surface area (TPSA) is 56.5 Å². The maximum atomic E-state index is 6.05. The fourth-order valence-electron chi connectivity index (χ4n) is 2.45. The van der Waals surface area contributed by atoms with Crippen LogP contribution >= 0.6 is 34.7 Å². The molecule has 8 heteroatoms. The summed E-state index contributed by atoms with van der Waals surface area (Å²) in [6.45, 7) is 3.07. The van der Waals surface area contributed by atoms with Crippen LogP contribution in [0.15, 0.2) is 40.2 Å². The molecule has 0 atom stereocenters. The molecule has 0 aliphatic carbocycles. The molecule has 0 saturated heterocycles. The first-order valence-corrected chi connectivity index (χ1v) is 9.66. The highest BCUT2D eigenvalue weighted by atomic mass is 35.5. The van der Waals surface area contributed by atoms with Crippen LogP contribution in [0.3, 0.4) is 0 Å². The quantitative estimate of drug-likeness (QED) is 0.489. The van der Waals surface area contributed by atoms with Crippen LogP contribution in [0.5, 0.6) is 0 Å². The summed E-state index contributed by atoms with van der Waals surface area (Å²) < 4.78 is 4.23. The third kappa shape index (κ3) is 2.99. The monoisotopic (exact) mass is 375 g/mol. The van der Waals surface area contributed by atoms with Gasteiger partial charge in [-0.1, -0.05) is 24.9 Å². The number of aromatic nitrogens is 5. The summed E-state index contributed by atoms with van der Waals surface area (Å²) >= 11 is 9.27. The highest BCUT2D eigenvalue weighted by Crippen LogP contribution is 2.35. The molecule has 0 bridgehead atoms. The summed E-state index contributed by atoms with van der Waals surface area (Å²) in [5.74, 6) is 0. The zero-order valence-electron chi connectivity index (χ0n) is 12.9. The Kier molecular flexibility index (Phi) is 4.39. The predicted molar refractivity (Wildman–Crippen MR) is 99.0 cm³/mol. The molecular formula is C16H14ClN5S2. The number of aryl methyl sites for hydroxylation is 1.